The number of benzene rings is 1. The molecule has 4 aromatic heterocycles. The summed E-state index contributed by atoms with van der Waals surface area (Å²) >= 11 is 9.43. The van der Waals surface area contributed by atoms with Crippen molar-refractivity contribution in [2.24, 2.45) is 11.8 Å². The summed E-state index contributed by atoms with van der Waals surface area (Å²) in [5.74, 6) is -1.97. The third-order valence-corrected chi connectivity index (χ3v) is 43.4. The number of nitrogens with zero attached hydrogens (tertiary/aromatic N) is 7. The molecule has 434 valence electrons. The van der Waals surface area contributed by atoms with Crippen molar-refractivity contribution in [2.45, 2.75) is 103 Å². The van der Waals surface area contributed by atoms with Crippen LogP contribution in [0.4, 0.5) is 11.8 Å². The van der Waals surface area contributed by atoms with E-state index in [0.717, 1.165) is 0 Å². The van der Waals surface area contributed by atoms with Crippen molar-refractivity contribution < 1.29 is 55.6 Å². The second kappa shape index (κ2) is 29.1. The van der Waals surface area contributed by atoms with Gasteiger partial charge in [-0.05, 0) is 30.3 Å². The fourth-order valence-corrected chi connectivity index (χ4v) is 38.5. The van der Waals surface area contributed by atoms with Gasteiger partial charge in [0.2, 0.25) is 11.9 Å². The van der Waals surface area contributed by atoms with Crippen LogP contribution in [0.5, 0.6) is 0 Å². The number of nitrogens with one attached hydrogen (secondary N) is 3. The van der Waals surface area contributed by atoms with Crippen LogP contribution in [0, 0.1) is 11.8 Å². The average molecular weight is 1410 g/mol. The predicted molar refractivity (Wildman–Crippen MR) is 339 cm³/mol. The van der Waals surface area contributed by atoms with Gasteiger partial charge in [0.15, 0.2) is 42.7 Å². The number of amides is 2. The van der Waals surface area contributed by atoms with Crippen LogP contribution in [0.25, 0.3) is 22.3 Å². The van der Waals surface area contributed by atoms with Crippen LogP contribution >= 0.6 is 15.4 Å². The van der Waals surface area contributed by atoms with E-state index in [2.05, 4.69) is 40.5 Å². The molecule has 7 heterocycles. The zero-order chi connectivity index (χ0) is 57.3. The molecule has 4 unspecified atom stereocenters. The van der Waals surface area contributed by atoms with Gasteiger partial charge in [-0.25, -0.2) is 24.5 Å². The Morgan fingerprint density at radius 3 is 2.00 bits per heavy atom. The highest BCUT2D eigenvalue weighted by Gasteiger charge is 2.56. The molecule has 3 aliphatic rings. The first-order valence-corrected chi connectivity index (χ1v) is 46.8. The van der Waals surface area contributed by atoms with Crippen LogP contribution in [-0.2, 0) is 175 Å². The van der Waals surface area contributed by atoms with Gasteiger partial charge in [0, 0.05) is 153 Å². The Bertz CT molecular complexity index is 3780. The van der Waals surface area contributed by atoms with Gasteiger partial charge in [-0.15, -0.1) is 0 Å². The van der Waals surface area contributed by atoms with Crippen molar-refractivity contribution >= 4 is 199 Å². The number of hydrogen-bond acceptors (Lipinski definition) is 19. The number of anilines is 2. The molecule has 2 bridgehead atoms. The first kappa shape index (κ1) is 65.0. The summed E-state index contributed by atoms with van der Waals surface area (Å²) in [4.78, 5) is 74.6. The Balaban J connectivity index is 0.000000568. The minimum Gasteiger partial charge on any atom is -0.408 e. The van der Waals surface area contributed by atoms with Crippen LogP contribution in [-0.4, -0.2) is 114 Å². The van der Waals surface area contributed by atoms with Gasteiger partial charge in [-0.1, -0.05) is 59.7 Å². The summed E-state index contributed by atoms with van der Waals surface area (Å²) in [6.45, 7) is 15.3. The van der Waals surface area contributed by atoms with Gasteiger partial charge in [-0.2, -0.15) is 4.98 Å². The van der Waals surface area contributed by atoms with E-state index >= 15 is 0 Å². The predicted octanol–water partition coefficient (Wildman–Crippen LogP) is 5.33. The molecule has 1 aromatic carbocycles. The number of carbonyl (C=O) groups excluding carboxylic acids is 2. The lowest BCUT2D eigenvalue weighted by Crippen LogP contribution is -2.50. The van der Waals surface area contributed by atoms with Crippen LogP contribution < -0.4 is 16.2 Å². The number of fused-ring (bicyclic) bond motifs is 5. The van der Waals surface area contributed by atoms with Gasteiger partial charge >= 0.3 is 15.4 Å². The summed E-state index contributed by atoms with van der Waals surface area (Å²) in [7, 11) is 8.01. The van der Waals surface area contributed by atoms with Crippen LogP contribution in [0.15, 0.2) is 54.1 Å². The maximum absolute atomic E-state index is 14.6. The van der Waals surface area contributed by atoms with Crippen molar-refractivity contribution in [1.29, 1.82) is 0 Å². The Labute approximate surface area is 498 Å². The van der Waals surface area contributed by atoms with Crippen molar-refractivity contribution in [3.8, 4) is 0 Å². The zero-order valence-electron chi connectivity index (χ0n) is 42.8. The highest BCUT2D eigenvalue weighted by molar-refractivity contribution is 8.76. The number of phosphoric ester groups is 1. The van der Waals surface area contributed by atoms with Crippen molar-refractivity contribution in [1.82, 2.24) is 39.0 Å². The number of imidazole rings is 2. The van der Waals surface area contributed by atoms with Crippen LogP contribution in [0.1, 0.15) is 64.4 Å². The second-order valence-corrected chi connectivity index (χ2v) is 48.3. The Kier molecular flexibility index (Phi) is 23.9. The number of ether oxygens (including phenoxy) is 2. The van der Waals surface area contributed by atoms with E-state index in [1.807, 2.05) is 33.9 Å². The summed E-state index contributed by atoms with van der Waals surface area (Å²) in [6.07, 6.45) is -4.15. The number of aromatic nitrogens is 8. The van der Waals surface area contributed by atoms with E-state index in [9.17, 15) is 28.4 Å². The van der Waals surface area contributed by atoms with E-state index in [4.69, 9.17) is 54.4 Å². The van der Waals surface area contributed by atoms with E-state index < -0.39 is 109 Å². The highest BCUT2D eigenvalue weighted by atomic mass is 33.5. The molecule has 40 heteroatoms. The summed E-state index contributed by atoms with van der Waals surface area (Å²) in [5.41, 5.74) is 0.139. The van der Waals surface area contributed by atoms with Gasteiger partial charge < -0.3 is 28.6 Å². The van der Waals surface area contributed by atoms with Gasteiger partial charge in [0.05, 0.1) is 25.9 Å². The Morgan fingerprint density at radius 1 is 0.810 bits per heavy atom. The maximum Gasteiger partial charge on any atom is 0.472 e. The summed E-state index contributed by atoms with van der Waals surface area (Å²) in [5, 5.41) is 4.99. The molecule has 5 aromatic rings. The molecule has 79 heavy (non-hydrogen) atoms. The third kappa shape index (κ3) is 17.1. The molecule has 0 saturated carbocycles. The molecule has 4 N–H and O–H groups in total. The van der Waals surface area contributed by atoms with Crippen molar-refractivity contribution in [2.75, 3.05) is 30.5 Å². The quantitative estimate of drug-likeness (QED) is 0.113. The molecule has 3 saturated heterocycles. The number of rotatable bonds is 8. The van der Waals surface area contributed by atoms with E-state index in [1.165, 1.54) is 48.0 Å². The van der Waals surface area contributed by atoms with Crippen molar-refractivity contribution in [3.05, 3.63) is 65.2 Å². The van der Waals surface area contributed by atoms with E-state index in [0.29, 0.717) is 5.56 Å². The minimum atomic E-state index is -4.98. The zero-order valence-corrected chi connectivity index (χ0v) is 57.0. The fraction of sp³-hybridized carbons (Fsp3) is 0.538. The standard InChI is InChI=1S/C39H52N10O13P2Si.S14/c1-20(2)33(50)46-38-45-32-26(35(52)47-38)43-19-49(32)37-29-28(62-65(8,9)39(4,5)6)24(59-37)16-57-64(54,55)61-27-21(3)36(58-23(27)15-56-63(7,53)60-29)48-18-42-25-30(40-17-41-31(25)48)44-34(51)22-13-11-10-12-14-22;1-3-5-7-9-11-13-14-12-10-8-6-4-2/h10-14,17-21,23-24,27-29,36-37H,15-16H2,1-9H3,(H,54,55)(H,40,41,44,51)(H2,45,46,47,50,52);/t21?,23-,24-,27-,28?,29+,36-,37-,63?;/m1./s1. The molecule has 23 nitrogen and oxygen atoms in total. The van der Waals surface area contributed by atoms with Gasteiger partial charge in [0.25, 0.3) is 11.5 Å². The van der Waals surface area contributed by atoms with Crippen LogP contribution in [0.2, 0.25) is 18.1 Å². The number of hydrogen-bond donors (Lipinski definition) is 4. The fourth-order valence-electron chi connectivity index (χ4n) is 7.59. The molecule has 2 amide bonds. The largest absolute Gasteiger partial charge is 0.472 e. The number of aromatic amines is 1. The first-order valence-electron chi connectivity index (χ1n) is 23.1. The molecule has 0 aliphatic carbocycles. The lowest BCUT2D eigenvalue weighted by molar-refractivity contribution is -0.118. The molecule has 10 atom stereocenters. The Hall–Kier alpha value is -1.50. The number of phosphoric acid groups is 1. The summed E-state index contributed by atoms with van der Waals surface area (Å²) < 4.78 is 75.6. The second-order valence-electron chi connectivity index (χ2n) is 18.9. The van der Waals surface area contributed by atoms with E-state index in [1.54, 1.807) is 144 Å². The molecular formula is C39H52N10O13P2S14Si. The van der Waals surface area contributed by atoms with E-state index in [-0.39, 0.29) is 39.1 Å². The normalized spacial score (nSPS) is 26.1. The smallest absolute Gasteiger partial charge is 0.408 e. The lowest BCUT2D eigenvalue weighted by atomic mass is 10.0. The summed E-state index contributed by atoms with van der Waals surface area (Å²) in [6, 6.07) is 8.57. The van der Waals surface area contributed by atoms with Gasteiger partial charge in [-0.3, -0.25) is 52.0 Å². The molecule has 3 fully saturated rings. The highest BCUT2D eigenvalue weighted by Crippen LogP contribution is 2.56. The van der Waals surface area contributed by atoms with Crippen molar-refractivity contribution in [3.63, 3.8) is 0 Å². The first-order chi connectivity index (χ1) is 37.4. The monoisotopic (exact) mass is 1410 g/mol. The third-order valence-electron chi connectivity index (χ3n) is 12.3. The molecule has 3 aliphatic heterocycles. The number of H-pyrrole nitrogens is 1. The number of carbonyl (C=O) groups is 2. The molecule has 8 rings (SSSR count). The molecule has 0 radical (unpaired) electrons. The maximum atomic E-state index is 14.6. The van der Waals surface area contributed by atoms with Gasteiger partial charge in [0.1, 0.15) is 43.1 Å². The Morgan fingerprint density at radius 2 is 1.39 bits per heavy atom. The topological polar surface area (TPSA) is 284 Å². The SMILES string of the molecule is CC(C)C(=O)Nc1nc2c(ncn2[C@@H]2O[C@@H]3COP(=O)(O)O[C@@H]4C(C)[C@H](n5cnc6c(NC(=O)c7ccccc7)ncnc65)O[C@@H]4COP(C)(=O)O[C@H]2C3O[Si](C)(C)C(C)(C)C)c(=O)[nH]1.S=S=S=S=S=S=S=S=S=S=S=S=S=S. The molecule has 0 spiro atoms. The minimum absolute atomic E-state index is 0.0200. The van der Waals surface area contributed by atoms with Crippen LogP contribution in [0.3, 0.4) is 0 Å². The molecular weight excluding hydrogens is 1360 g/mol. The lowest BCUT2D eigenvalue weighted by Gasteiger charge is -2.40. The average Bonchev–Trinajstić information content (AvgIpc) is 4.40.